The number of hydrogen-bond acceptors (Lipinski definition) is 3. The van der Waals surface area contributed by atoms with E-state index in [9.17, 15) is 9.18 Å². The van der Waals surface area contributed by atoms with Crippen LogP contribution in [-0.4, -0.2) is 20.0 Å². The molecule has 3 nitrogen and oxygen atoms in total. The van der Waals surface area contributed by atoms with Crippen molar-refractivity contribution in [1.29, 1.82) is 0 Å². The Labute approximate surface area is 117 Å². The van der Waals surface area contributed by atoms with Gasteiger partial charge in [-0.3, -0.25) is 4.79 Å². The molecule has 0 amide bonds. The molecule has 0 spiro atoms. The lowest BCUT2D eigenvalue weighted by atomic mass is 10.0. The lowest BCUT2D eigenvalue weighted by molar-refractivity contribution is 0.0988. The summed E-state index contributed by atoms with van der Waals surface area (Å²) in [4.78, 5) is 12.2. The van der Waals surface area contributed by atoms with Crippen LogP contribution in [0, 0.1) is 5.82 Å². The Balaban J connectivity index is 2.30. The molecule has 20 heavy (non-hydrogen) atoms. The largest absolute Gasteiger partial charge is 0.493 e. The quantitative estimate of drug-likeness (QED) is 0.785. The van der Waals surface area contributed by atoms with Crippen molar-refractivity contribution >= 4 is 5.78 Å². The zero-order valence-electron chi connectivity index (χ0n) is 11.4. The molecule has 0 aliphatic rings. The molecule has 0 saturated carbocycles. The van der Waals surface area contributed by atoms with Crippen molar-refractivity contribution in [3.8, 4) is 11.5 Å². The van der Waals surface area contributed by atoms with Gasteiger partial charge in [-0.1, -0.05) is 30.3 Å². The third-order valence-electron chi connectivity index (χ3n) is 2.98. The van der Waals surface area contributed by atoms with E-state index in [2.05, 4.69) is 0 Å². The maximum absolute atomic E-state index is 14.0. The Morgan fingerprint density at radius 2 is 1.65 bits per heavy atom. The molecular formula is C16H15FO3. The summed E-state index contributed by atoms with van der Waals surface area (Å²) in [5, 5.41) is 0. The molecule has 0 bridgehead atoms. The summed E-state index contributed by atoms with van der Waals surface area (Å²) in [6.07, 6.45) is 0.146. The second-order valence-electron chi connectivity index (χ2n) is 4.27. The number of ketones is 1. The average molecular weight is 274 g/mol. The number of rotatable bonds is 5. The molecule has 2 aromatic carbocycles. The number of ether oxygens (including phenoxy) is 2. The Bertz CT molecular complexity index is 609. The highest BCUT2D eigenvalue weighted by Crippen LogP contribution is 2.30. The van der Waals surface area contributed by atoms with E-state index in [4.69, 9.17) is 9.47 Å². The zero-order chi connectivity index (χ0) is 14.5. The van der Waals surface area contributed by atoms with Crippen molar-refractivity contribution in [2.24, 2.45) is 0 Å². The van der Waals surface area contributed by atoms with E-state index in [0.29, 0.717) is 5.75 Å². The SMILES string of the molecule is COc1cc(F)c(C(=O)Cc2ccccc2)cc1OC. The van der Waals surface area contributed by atoms with Gasteiger partial charge in [-0.25, -0.2) is 4.39 Å². The van der Waals surface area contributed by atoms with Crippen molar-refractivity contribution < 1.29 is 18.7 Å². The number of carbonyl (C=O) groups is 1. The number of halogens is 1. The van der Waals surface area contributed by atoms with Gasteiger partial charge in [0.2, 0.25) is 0 Å². The predicted molar refractivity (Wildman–Crippen MR) is 74.0 cm³/mol. The summed E-state index contributed by atoms with van der Waals surface area (Å²) in [6.45, 7) is 0. The summed E-state index contributed by atoms with van der Waals surface area (Å²) < 4.78 is 24.0. The van der Waals surface area contributed by atoms with Crippen LogP contribution in [0.1, 0.15) is 15.9 Å². The molecule has 104 valence electrons. The minimum absolute atomic E-state index is 0.00602. The summed E-state index contributed by atoms with van der Waals surface area (Å²) in [5.74, 6) is -0.301. The van der Waals surface area contributed by atoms with E-state index in [1.807, 2.05) is 30.3 Å². The fraction of sp³-hybridized carbons (Fsp3) is 0.188. The second kappa shape index (κ2) is 6.19. The van der Waals surface area contributed by atoms with Gasteiger partial charge < -0.3 is 9.47 Å². The van der Waals surface area contributed by atoms with Gasteiger partial charge in [-0.05, 0) is 11.6 Å². The Morgan fingerprint density at radius 3 is 2.25 bits per heavy atom. The van der Waals surface area contributed by atoms with Gasteiger partial charge in [-0.15, -0.1) is 0 Å². The summed E-state index contributed by atoms with van der Waals surface area (Å²) in [6, 6.07) is 11.7. The van der Waals surface area contributed by atoms with Crippen LogP contribution in [0.3, 0.4) is 0 Å². The van der Waals surface area contributed by atoms with Crippen molar-refractivity contribution in [1.82, 2.24) is 0 Å². The van der Waals surface area contributed by atoms with E-state index in [1.165, 1.54) is 20.3 Å². The molecule has 0 aliphatic heterocycles. The fourth-order valence-corrected chi connectivity index (χ4v) is 1.94. The van der Waals surface area contributed by atoms with Crippen LogP contribution in [0.2, 0.25) is 0 Å². The smallest absolute Gasteiger partial charge is 0.170 e. The summed E-state index contributed by atoms with van der Waals surface area (Å²) in [7, 11) is 2.87. The van der Waals surface area contributed by atoms with Crippen molar-refractivity contribution in [2.45, 2.75) is 6.42 Å². The highest BCUT2D eigenvalue weighted by molar-refractivity contribution is 5.98. The van der Waals surface area contributed by atoms with Crippen LogP contribution in [0.5, 0.6) is 11.5 Å². The zero-order valence-corrected chi connectivity index (χ0v) is 11.4. The van der Waals surface area contributed by atoms with E-state index in [-0.39, 0.29) is 23.5 Å². The third kappa shape index (κ3) is 2.96. The van der Waals surface area contributed by atoms with E-state index in [1.54, 1.807) is 0 Å². The topological polar surface area (TPSA) is 35.5 Å². The highest BCUT2D eigenvalue weighted by atomic mass is 19.1. The molecular weight excluding hydrogens is 259 g/mol. The lowest BCUT2D eigenvalue weighted by Gasteiger charge is -2.10. The van der Waals surface area contributed by atoms with Crippen LogP contribution in [-0.2, 0) is 6.42 Å². The minimum Gasteiger partial charge on any atom is -0.493 e. The molecule has 2 aromatic rings. The van der Waals surface area contributed by atoms with Gasteiger partial charge >= 0.3 is 0 Å². The standard InChI is InChI=1S/C16H15FO3/c1-19-15-9-12(13(17)10-16(15)20-2)14(18)8-11-6-4-3-5-7-11/h3-7,9-10H,8H2,1-2H3. The van der Waals surface area contributed by atoms with Gasteiger partial charge in [-0.2, -0.15) is 0 Å². The molecule has 0 N–H and O–H groups in total. The molecule has 0 unspecified atom stereocenters. The van der Waals surface area contributed by atoms with Gasteiger partial charge in [0.05, 0.1) is 19.8 Å². The molecule has 0 saturated heterocycles. The van der Waals surface area contributed by atoms with E-state index in [0.717, 1.165) is 11.6 Å². The van der Waals surface area contributed by atoms with Crippen LogP contribution >= 0.6 is 0 Å². The van der Waals surface area contributed by atoms with Gasteiger partial charge in [0.25, 0.3) is 0 Å². The Kier molecular flexibility index (Phi) is 4.35. The van der Waals surface area contributed by atoms with Gasteiger partial charge in [0.15, 0.2) is 17.3 Å². The number of carbonyl (C=O) groups excluding carboxylic acids is 1. The van der Waals surface area contributed by atoms with Gasteiger partial charge in [0.1, 0.15) is 5.82 Å². The minimum atomic E-state index is -0.608. The molecule has 2 rings (SSSR count). The molecule has 0 heterocycles. The van der Waals surface area contributed by atoms with Crippen molar-refractivity contribution in [2.75, 3.05) is 14.2 Å². The normalized spacial score (nSPS) is 10.2. The first-order valence-electron chi connectivity index (χ1n) is 6.14. The predicted octanol–water partition coefficient (Wildman–Crippen LogP) is 3.27. The molecule has 4 heteroatoms. The van der Waals surface area contributed by atoms with Crippen molar-refractivity contribution in [3.63, 3.8) is 0 Å². The average Bonchev–Trinajstić information content (AvgIpc) is 2.47. The molecule has 0 aliphatic carbocycles. The summed E-state index contributed by atoms with van der Waals surface area (Å²) in [5.41, 5.74) is 0.846. The molecule has 0 radical (unpaired) electrons. The molecule has 0 atom stereocenters. The maximum Gasteiger partial charge on any atom is 0.170 e. The third-order valence-corrected chi connectivity index (χ3v) is 2.98. The van der Waals surface area contributed by atoms with E-state index < -0.39 is 5.82 Å². The lowest BCUT2D eigenvalue weighted by Crippen LogP contribution is -2.07. The molecule has 0 fully saturated rings. The van der Waals surface area contributed by atoms with Crippen molar-refractivity contribution in [3.05, 3.63) is 59.4 Å². The van der Waals surface area contributed by atoms with Crippen LogP contribution in [0.25, 0.3) is 0 Å². The monoisotopic (exact) mass is 274 g/mol. The molecule has 0 aromatic heterocycles. The van der Waals surface area contributed by atoms with Crippen LogP contribution < -0.4 is 9.47 Å². The number of Topliss-reactive ketones (excluding diaryl/α,β-unsaturated/α-hetero) is 1. The highest BCUT2D eigenvalue weighted by Gasteiger charge is 2.17. The fourth-order valence-electron chi connectivity index (χ4n) is 1.94. The number of methoxy groups -OCH3 is 2. The second-order valence-corrected chi connectivity index (χ2v) is 4.27. The maximum atomic E-state index is 14.0. The first-order chi connectivity index (χ1) is 9.65. The van der Waals surface area contributed by atoms with Crippen LogP contribution in [0.15, 0.2) is 42.5 Å². The van der Waals surface area contributed by atoms with Crippen LogP contribution in [0.4, 0.5) is 4.39 Å². The Hall–Kier alpha value is -2.36. The number of benzene rings is 2. The Morgan fingerprint density at radius 1 is 1.05 bits per heavy atom. The van der Waals surface area contributed by atoms with Gasteiger partial charge in [0, 0.05) is 12.5 Å². The first-order valence-corrected chi connectivity index (χ1v) is 6.14. The number of hydrogen-bond donors (Lipinski definition) is 0. The first kappa shape index (κ1) is 14.1. The summed E-state index contributed by atoms with van der Waals surface area (Å²) >= 11 is 0. The van der Waals surface area contributed by atoms with E-state index >= 15 is 0 Å².